The number of esters is 1. The predicted octanol–water partition coefficient (Wildman–Crippen LogP) is -0.809. The Hall–Kier alpha value is -1.83. The van der Waals surface area contributed by atoms with Crippen molar-refractivity contribution in [3.63, 3.8) is 0 Å². The Bertz CT molecular complexity index is 469. The van der Waals surface area contributed by atoms with Gasteiger partial charge < -0.3 is 24.6 Å². The monoisotopic (exact) mass is 356 g/mol. The molecule has 2 saturated heterocycles. The van der Waals surface area contributed by atoms with E-state index in [0.29, 0.717) is 26.2 Å². The summed E-state index contributed by atoms with van der Waals surface area (Å²) in [5.74, 6) is -0.123. The average Bonchev–Trinajstić information content (AvgIpc) is 2.62. The highest BCUT2D eigenvalue weighted by atomic mass is 16.6. The predicted molar refractivity (Wildman–Crippen MR) is 90.1 cm³/mol. The van der Waals surface area contributed by atoms with Gasteiger partial charge >= 0.3 is 12.1 Å². The molecule has 8 nitrogen and oxygen atoms in total. The quantitative estimate of drug-likeness (QED) is 0.629. The summed E-state index contributed by atoms with van der Waals surface area (Å²) < 4.78 is 9.78. The molecule has 2 rings (SSSR count). The number of ether oxygens (including phenoxy) is 2. The summed E-state index contributed by atoms with van der Waals surface area (Å²) in [4.78, 5) is 38.3. The lowest BCUT2D eigenvalue weighted by Crippen LogP contribution is -3.14. The van der Waals surface area contributed by atoms with Crippen molar-refractivity contribution in [2.24, 2.45) is 5.92 Å². The van der Waals surface area contributed by atoms with E-state index in [1.807, 2.05) is 0 Å². The third kappa shape index (κ3) is 5.88. The van der Waals surface area contributed by atoms with E-state index in [1.165, 1.54) is 12.0 Å². The molecule has 0 saturated carbocycles. The number of quaternary nitrogens is 1. The minimum absolute atomic E-state index is 0.0241. The molecule has 142 valence electrons. The summed E-state index contributed by atoms with van der Waals surface area (Å²) in [5, 5.41) is 3.07. The molecule has 0 spiro atoms. The minimum Gasteiger partial charge on any atom is -0.469 e. The summed E-state index contributed by atoms with van der Waals surface area (Å²) in [6.07, 6.45) is 2.78. The third-order valence-electron chi connectivity index (χ3n) is 5.02. The second-order valence-corrected chi connectivity index (χ2v) is 6.75. The SMILES string of the molecule is CCOC(=O)N1CCC(NC(=O)C[NH+]2CCC(C(=O)OC)CC2)CC1. The highest BCUT2D eigenvalue weighted by molar-refractivity contribution is 5.77. The van der Waals surface area contributed by atoms with E-state index in [-0.39, 0.29) is 29.9 Å². The van der Waals surface area contributed by atoms with Crippen LogP contribution in [0.1, 0.15) is 32.6 Å². The molecule has 2 amide bonds. The van der Waals surface area contributed by atoms with Gasteiger partial charge in [0.2, 0.25) is 0 Å². The van der Waals surface area contributed by atoms with Crippen LogP contribution in [-0.4, -0.2) is 75.4 Å². The van der Waals surface area contributed by atoms with Crippen molar-refractivity contribution in [2.75, 3.05) is 46.4 Å². The standard InChI is InChI=1S/C17H29N3O5/c1-3-25-17(23)20-10-6-14(7-11-20)18-15(21)12-19-8-4-13(5-9-19)16(22)24-2/h13-14H,3-12H2,1-2H3,(H,18,21)/p+1. The molecule has 2 heterocycles. The Labute approximate surface area is 148 Å². The first kappa shape index (κ1) is 19.5. The molecule has 0 radical (unpaired) electrons. The number of nitrogens with one attached hydrogen (secondary N) is 2. The van der Waals surface area contributed by atoms with Gasteiger partial charge in [0.25, 0.3) is 5.91 Å². The summed E-state index contributed by atoms with van der Waals surface area (Å²) >= 11 is 0. The maximum absolute atomic E-state index is 12.2. The van der Waals surface area contributed by atoms with Crippen molar-refractivity contribution in [3.8, 4) is 0 Å². The second kappa shape index (κ2) is 9.60. The Balaban J connectivity index is 1.65. The number of piperidine rings is 2. The van der Waals surface area contributed by atoms with Gasteiger partial charge in [0, 0.05) is 32.0 Å². The molecule has 2 aliphatic rings. The Morgan fingerprint density at radius 1 is 1.12 bits per heavy atom. The molecular formula is C17H30N3O5+. The normalized spacial score (nSPS) is 24.5. The van der Waals surface area contributed by atoms with E-state index >= 15 is 0 Å². The maximum atomic E-state index is 12.2. The fraction of sp³-hybridized carbons (Fsp3) is 0.824. The molecule has 0 aromatic carbocycles. The van der Waals surface area contributed by atoms with E-state index in [9.17, 15) is 14.4 Å². The highest BCUT2D eigenvalue weighted by Crippen LogP contribution is 2.12. The topological polar surface area (TPSA) is 89.4 Å². The third-order valence-corrected chi connectivity index (χ3v) is 5.02. The average molecular weight is 356 g/mol. The fourth-order valence-corrected chi connectivity index (χ4v) is 3.53. The molecule has 0 bridgehead atoms. The highest BCUT2D eigenvalue weighted by Gasteiger charge is 2.30. The van der Waals surface area contributed by atoms with Crippen LogP contribution in [-0.2, 0) is 19.1 Å². The van der Waals surface area contributed by atoms with Gasteiger partial charge in [-0.2, -0.15) is 0 Å². The van der Waals surface area contributed by atoms with Crippen molar-refractivity contribution in [2.45, 2.75) is 38.6 Å². The van der Waals surface area contributed by atoms with Gasteiger partial charge in [-0.3, -0.25) is 9.59 Å². The summed E-state index contributed by atoms with van der Waals surface area (Å²) in [6.45, 7) is 5.46. The van der Waals surface area contributed by atoms with Crippen LogP contribution in [0.4, 0.5) is 4.79 Å². The first-order valence-electron chi connectivity index (χ1n) is 9.16. The molecule has 0 unspecified atom stereocenters. The molecule has 0 aromatic rings. The van der Waals surface area contributed by atoms with Crippen LogP contribution >= 0.6 is 0 Å². The van der Waals surface area contributed by atoms with Crippen molar-refractivity contribution >= 4 is 18.0 Å². The van der Waals surface area contributed by atoms with Crippen LogP contribution in [0.3, 0.4) is 0 Å². The molecule has 0 atom stereocenters. The first-order valence-corrected chi connectivity index (χ1v) is 9.16. The smallest absolute Gasteiger partial charge is 0.409 e. The summed E-state index contributed by atoms with van der Waals surface area (Å²) in [7, 11) is 1.42. The van der Waals surface area contributed by atoms with E-state index < -0.39 is 0 Å². The molecule has 25 heavy (non-hydrogen) atoms. The number of hydrogen-bond donors (Lipinski definition) is 2. The van der Waals surface area contributed by atoms with Crippen molar-refractivity contribution < 1.29 is 28.8 Å². The molecular weight excluding hydrogens is 326 g/mol. The zero-order valence-electron chi connectivity index (χ0n) is 15.2. The van der Waals surface area contributed by atoms with E-state index in [1.54, 1.807) is 11.8 Å². The summed E-state index contributed by atoms with van der Waals surface area (Å²) in [6, 6.07) is 0.116. The number of likely N-dealkylation sites (tertiary alicyclic amines) is 2. The van der Waals surface area contributed by atoms with E-state index in [2.05, 4.69) is 5.32 Å². The van der Waals surface area contributed by atoms with E-state index in [4.69, 9.17) is 9.47 Å². The molecule has 8 heteroatoms. The number of rotatable bonds is 5. The first-order chi connectivity index (χ1) is 12.0. The lowest BCUT2D eigenvalue weighted by molar-refractivity contribution is -0.897. The zero-order chi connectivity index (χ0) is 18.2. The van der Waals surface area contributed by atoms with Gasteiger partial charge in [0.1, 0.15) is 0 Å². The van der Waals surface area contributed by atoms with Crippen LogP contribution in [0.2, 0.25) is 0 Å². The molecule has 2 fully saturated rings. The van der Waals surface area contributed by atoms with Crippen molar-refractivity contribution in [1.29, 1.82) is 0 Å². The molecule has 0 aromatic heterocycles. The lowest BCUT2D eigenvalue weighted by Gasteiger charge is -2.32. The number of carbonyl (C=O) groups excluding carboxylic acids is 3. The number of carbonyl (C=O) groups is 3. The minimum atomic E-state index is -0.273. The van der Waals surface area contributed by atoms with Gasteiger partial charge in [-0.25, -0.2) is 4.79 Å². The Morgan fingerprint density at radius 2 is 1.76 bits per heavy atom. The number of hydrogen-bond acceptors (Lipinski definition) is 5. The van der Waals surface area contributed by atoms with Crippen LogP contribution in [0.25, 0.3) is 0 Å². The van der Waals surface area contributed by atoms with Crippen LogP contribution in [0, 0.1) is 5.92 Å². The van der Waals surface area contributed by atoms with Gasteiger partial charge in [-0.05, 0) is 19.8 Å². The summed E-state index contributed by atoms with van der Waals surface area (Å²) in [5.41, 5.74) is 0. The van der Waals surface area contributed by atoms with E-state index in [0.717, 1.165) is 38.8 Å². The number of methoxy groups -OCH3 is 1. The van der Waals surface area contributed by atoms with Crippen LogP contribution < -0.4 is 10.2 Å². The number of nitrogens with zero attached hydrogens (tertiary/aromatic N) is 1. The van der Waals surface area contributed by atoms with Gasteiger partial charge in [-0.15, -0.1) is 0 Å². The molecule has 2 N–H and O–H groups in total. The molecule has 0 aliphatic carbocycles. The second-order valence-electron chi connectivity index (χ2n) is 6.75. The van der Waals surface area contributed by atoms with Gasteiger partial charge in [0.15, 0.2) is 6.54 Å². The van der Waals surface area contributed by atoms with Gasteiger partial charge in [-0.1, -0.05) is 0 Å². The maximum Gasteiger partial charge on any atom is 0.409 e. The van der Waals surface area contributed by atoms with Crippen molar-refractivity contribution in [1.82, 2.24) is 10.2 Å². The largest absolute Gasteiger partial charge is 0.469 e. The lowest BCUT2D eigenvalue weighted by atomic mass is 9.97. The zero-order valence-corrected chi connectivity index (χ0v) is 15.2. The van der Waals surface area contributed by atoms with Crippen LogP contribution in [0.15, 0.2) is 0 Å². The van der Waals surface area contributed by atoms with Crippen molar-refractivity contribution in [3.05, 3.63) is 0 Å². The number of amides is 2. The Morgan fingerprint density at radius 3 is 2.32 bits per heavy atom. The Kier molecular flexibility index (Phi) is 7.49. The van der Waals surface area contributed by atoms with Gasteiger partial charge in [0.05, 0.1) is 32.7 Å². The molecule has 2 aliphatic heterocycles. The van der Waals surface area contributed by atoms with Crippen LogP contribution in [0.5, 0.6) is 0 Å². The fourth-order valence-electron chi connectivity index (χ4n) is 3.53.